The van der Waals surface area contributed by atoms with Crippen LogP contribution >= 0.6 is 0 Å². The monoisotopic (exact) mass is 397 g/mol. The van der Waals surface area contributed by atoms with Crippen LogP contribution in [0.3, 0.4) is 0 Å². The number of aliphatic hydroxyl groups excluding tert-OH is 1. The van der Waals surface area contributed by atoms with E-state index in [0.29, 0.717) is 18.4 Å². The zero-order valence-corrected chi connectivity index (χ0v) is 16.3. The summed E-state index contributed by atoms with van der Waals surface area (Å²) in [6.45, 7) is 3.02. The Labute approximate surface area is 164 Å². The minimum atomic E-state index is -0.889. The lowest BCUT2D eigenvalue weighted by molar-refractivity contribution is 0.0444. The molecule has 1 saturated heterocycles. The van der Waals surface area contributed by atoms with Crippen LogP contribution < -0.4 is 15.0 Å². The SMILES string of the molecule is COC1CN(c2ccc(C(=O)N[C@@H](C)COCF)nc2OC[C@@H]2C[C@@H]2CO)C1. The Morgan fingerprint density at radius 1 is 1.43 bits per heavy atom. The lowest BCUT2D eigenvalue weighted by atomic mass is 10.1. The molecule has 0 radical (unpaired) electrons. The molecule has 0 unspecified atom stereocenters. The van der Waals surface area contributed by atoms with Crippen molar-refractivity contribution >= 4 is 11.6 Å². The standard InChI is InChI=1S/C19H28FN3O5/c1-12(9-27-11-20)21-18(25)16-3-4-17(23-6-15(7-23)26-2)19(22-16)28-10-14-5-13(14)8-24/h3-4,12-15,24H,5-11H2,1-2H3,(H,21,25)/t12-,13+,14-/m0/s1. The van der Waals surface area contributed by atoms with Gasteiger partial charge in [-0.15, -0.1) is 0 Å². The van der Waals surface area contributed by atoms with Gasteiger partial charge in [-0.3, -0.25) is 4.79 Å². The number of halogens is 1. The van der Waals surface area contributed by atoms with Gasteiger partial charge in [0.1, 0.15) is 11.4 Å². The van der Waals surface area contributed by atoms with E-state index >= 15 is 0 Å². The fourth-order valence-electron chi connectivity index (χ4n) is 3.18. The van der Waals surface area contributed by atoms with E-state index in [1.165, 1.54) is 0 Å². The molecule has 1 aliphatic heterocycles. The molecule has 2 N–H and O–H groups in total. The lowest BCUT2D eigenvalue weighted by Gasteiger charge is -2.40. The third-order valence-electron chi connectivity index (χ3n) is 5.16. The van der Waals surface area contributed by atoms with Gasteiger partial charge in [0.05, 0.1) is 19.3 Å². The van der Waals surface area contributed by atoms with Gasteiger partial charge in [-0.2, -0.15) is 0 Å². The number of hydrogen-bond acceptors (Lipinski definition) is 7. The molecular formula is C19H28FN3O5. The van der Waals surface area contributed by atoms with Gasteiger partial charge in [0.2, 0.25) is 5.88 Å². The average molecular weight is 397 g/mol. The van der Waals surface area contributed by atoms with Crippen molar-refractivity contribution in [2.24, 2.45) is 11.8 Å². The number of carbonyl (C=O) groups is 1. The Kier molecular flexibility index (Phi) is 7.03. The number of methoxy groups -OCH3 is 1. The van der Waals surface area contributed by atoms with Crippen molar-refractivity contribution in [2.45, 2.75) is 25.5 Å². The molecule has 8 nitrogen and oxygen atoms in total. The van der Waals surface area contributed by atoms with Crippen LogP contribution in [0.2, 0.25) is 0 Å². The number of carbonyl (C=O) groups excluding carboxylic acids is 1. The van der Waals surface area contributed by atoms with Crippen LogP contribution in [0.5, 0.6) is 5.88 Å². The summed E-state index contributed by atoms with van der Waals surface area (Å²) in [6, 6.07) is 3.12. The molecular weight excluding hydrogens is 369 g/mol. The predicted octanol–water partition coefficient (Wildman–Crippen LogP) is 0.986. The molecule has 156 valence electrons. The highest BCUT2D eigenvalue weighted by atomic mass is 19.1. The molecule has 1 aromatic heterocycles. The topological polar surface area (TPSA) is 93.2 Å². The minimum Gasteiger partial charge on any atom is -0.476 e. The molecule has 2 heterocycles. The van der Waals surface area contributed by atoms with E-state index in [4.69, 9.17) is 9.47 Å². The molecule has 1 aromatic rings. The molecule has 28 heavy (non-hydrogen) atoms. The molecule has 2 fully saturated rings. The average Bonchev–Trinajstić information content (AvgIpc) is 3.43. The minimum absolute atomic E-state index is 0.0834. The predicted molar refractivity (Wildman–Crippen MR) is 100 cm³/mol. The summed E-state index contributed by atoms with van der Waals surface area (Å²) >= 11 is 0. The van der Waals surface area contributed by atoms with Crippen LogP contribution in [0, 0.1) is 11.8 Å². The second kappa shape index (κ2) is 9.49. The summed E-state index contributed by atoms with van der Waals surface area (Å²) in [7, 11) is 1.68. The van der Waals surface area contributed by atoms with Crippen LogP contribution in [-0.2, 0) is 9.47 Å². The molecule has 2 aliphatic rings. The van der Waals surface area contributed by atoms with Gasteiger partial charge in [-0.25, -0.2) is 9.37 Å². The number of ether oxygens (including phenoxy) is 3. The molecule has 0 aromatic carbocycles. The van der Waals surface area contributed by atoms with Crippen LogP contribution in [0.25, 0.3) is 0 Å². The summed E-state index contributed by atoms with van der Waals surface area (Å²) in [5.41, 5.74) is 1.05. The summed E-state index contributed by atoms with van der Waals surface area (Å²) in [5, 5.41) is 11.9. The number of alkyl halides is 1. The van der Waals surface area contributed by atoms with Gasteiger partial charge in [-0.05, 0) is 37.3 Å². The van der Waals surface area contributed by atoms with Crippen molar-refractivity contribution in [2.75, 3.05) is 51.8 Å². The van der Waals surface area contributed by atoms with E-state index in [1.807, 2.05) is 6.07 Å². The number of aliphatic hydroxyl groups is 1. The highest BCUT2D eigenvalue weighted by Gasteiger charge is 2.37. The molecule has 1 amide bonds. The van der Waals surface area contributed by atoms with E-state index in [1.54, 1.807) is 20.1 Å². The van der Waals surface area contributed by atoms with Crippen LogP contribution in [-0.4, -0.2) is 75.0 Å². The first-order valence-electron chi connectivity index (χ1n) is 9.52. The number of nitrogens with zero attached hydrogens (tertiary/aromatic N) is 2. The summed E-state index contributed by atoms with van der Waals surface area (Å²) in [5.74, 6) is 0.633. The van der Waals surface area contributed by atoms with Crippen molar-refractivity contribution in [1.82, 2.24) is 10.3 Å². The maximum Gasteiger partial charge on any atom is 0.270 e. The van der Waals surface area contributed by atoms with Crippen LogP contribution in [0.15, 0.2) is 12.1 Å². The van der Waals surface area contributed by atoms with E-state index in [2.05, 4.69) is 19.9 Å². The highest BCUT2D eigenvalue weighted by Crippen LogP contribution is 2.39. The second-order valence-corrected chi connectivity index (χ2v) is 7.39. The fourth-order valence-corrected chi connectivity index (χ4v) is 3.18. The summed E-state index contributed by atoms with van der Waals surface area (Å²) in [4.78, 5) is 18.9. The fraction of sp³-hybridized carbons (Fsp3) is 0.684. The smallest absolute Gasteiger partial charge is 0.270 e. The number of amides is 1. The molecule has 3 rings (SSSR count). The number of anilines is 1. The number of hydrogen-bond donors (Lipinski definition) is 2. The van der Waals surface area contributed by atoms with Gasteiger partial charge in [-0.1, -0.05) is 0 Å². The van der Waals surface area contributed by atoms with E-state index in [-0.39, 0.29) is 42.9 Å². The van der Waals surface area contributed by atoms with Gasteiger partial charge in [0.25, 0.3) is 5.91 Å². The number of aromatic nitrogens is 1. The Bertz CT molecular complexity index is 671. The number of rotatable bonds is 11. The van der Waals surface area contributed by atoms with Crippen molar-refractivity contribution in [3.05, 3.63) is 17.8 Å². The third kappa shape index (κ3) is 5.09. The highest BCUT2D eigenvalue weighted by molar-refractivity contribution is 5.93. The first-order valence-corrected chi connectivity index (χ1v) is 9.52. The maximum atomic E-state index is 12.4. The van der Waals surface area contributed by atoms with Crippen molar-refractivity contribution in [3.63, 3.8) is 0 Å². The first kappa shape index (κ1) is 20.8. The Balaban J connectivity index is 1.67. The lowest BCUT2D eigenvalue weighted by Crippen LogP contribution is -2.52. The Morgan fingerprint density at radius 3 is 2.86 bits per heavy atom. The zero-order valence-electron chi connectivity index (χ0n) is 16.3. The van der Waals surface area contributed by atoms with Gasteiger partial charge in [0.15, 0.2) is 6.86 Å². The molecule has 1 saturated carbocycles. The second-order valence-electron chi connectivity index (χ2n) is 7.39. The molecule has 0 bridgehead atoms. The van der Waals surface area contributed by atoms with Crippen molar-refractivity contribution < 1.29 is 28.5 Å². The number of nitrogens with one attached hydrogen (secondary N) is 1. The molecule has 9 heteroatoms. The molecule has 3 atom stereocenters. The maximum absolute atomic E-state index is 12.4. The van der Waals surface area contributed by atoms with Crippen LogP contribution in [0.1, 0.15) is 23.8 Å². The third-order valence-corrected chi connectivity index (χ3v) is 5.16. The zero-order chi connectivity index (χ0) is 20.1. The summed E-state index contributed by atoms with van der Waals surface area (Å²) in [6.07, 6.45) is 1.11. The Hall–Kier alpha value is -1.97. The van der Waals surface area contributed by atoms with Crippen molar-refractivity contribution in [3.8, 4) is 5.88 Å². The first-order chi connectivity index (χ1) is 13.5. The largest absolute Gasteiger partial charge is 0.476 e. The quantitative estimate of drug-likeness (QED) is 0.575. The van der Waals surface area contributed by atoms with E-state index in [9.17, 15) is 14.3 Å². The van der Waals surface area contributed by atoms with E-state index < -0.39 is 6.86 Å². The normalized spacial score (nSPS) is 22.5. The van der Waals surface area contributed by atoms with Crippen molar-refractivity contribution in [1.29, 1.82) is 0 Å². The molecule has 0 spiro atoms. The van der Waals surface area contributed by atoms with Crippen LogP contribution in [0.4, 0.5) is 10.1 Å². The van der Waals surface area contributed by atoms with Gasteiger partial charge < -0.3 is 29.5 Å². The summed E-state index contributed by atoms with van der Waals surface area (Å²) < 4.78 is 28.0. The number of pyridine rings is 1. The van der Waals surface area contributed by atoms with Gasteiger partial charge >= 0.3 is 0 Å². The molecule has 1 aliphatic carbocycles. The van der Waals surface area contributed by atoms with E-state index in [0.717, 1.165) is 25.2 Å². The Morgan fingerprint density at radius 2 is 2.21 bits per heavy atom. The van der Waals surface area contributed by atoms with Gasteiger partial charge in [0, 0.05) is 32.8 Å².